The number of carbonyl (C=O) groups is 1. The number of halogens is 2. The van der Waals surface area contributed by atoms with Gasteiger partial charge in [-0.05, 0) is 55.3 Å². The van der Waals surface area contributed by atoms with Gasteiger partial charge in [0.25, 0.3) is 0 Å². The number of anilines is 2. The van der Waals surface area contributed by atoms with Crippen molar-refractivity contribution in [3.63, 3.8) is 0 Å². The molecule has 180 valence electrons. The molecular formula is C26H26F2N6O. The standard InChI is InChI=1S/C26H26F2N6O/c1-16-4-5-19(10-17(16)2)30-26-29-13-18-6-7-34(25(18)31-26)20-11-22(27)21(23(28)12-20)14-33-9-8-32(3)24(35)15-33/h4-7,10-13H,8-9,14-15H2,1-3H3,(H,29,30,31). The van der Waals surface area contributed by atoms with E-state index in [0.717, 1.165) is 16.6 Å². The summed E-state index contributed by atoms with van der Waals surface area (Å²) in [5.74, 6) is -0.984. The van der Waals surface area contributed by atoms with Crippen LogP contribution in [-0.4, -0.2) is 56.9 Å². The summed E-state index contributed by atoms with van der Waals surface area (Å²) >= 11 is 0. The number of nitrogens with zero attached hydrogens (tertiary/aromatic N) is 5. The molecule has 0 atom stereocenters. The van der Waals surface area contributed by atoms with Gasteiger partial charge >= 0.3 is 0 Å². The van der Waals surface area contributed by atoms with Crippen LogP contribution >= 0.6 is 0 Å². The van der Waals surface area contributed by atoms with Crippen LogP contribution in [0.1, 0.15) is 16.7 Å². The zero-order valence-corrected chi connectivity index (χ0v) is 19.8. The van der Waals surface area contributed by atoms with Crippen molar-refractivity contribution in [2.24, 2.45) is 0 Å². The maximum absolute atomic E-state index is 15.0. The van der Waals surface area contributed by atoms with Gasteiger partial charge < -0.3 is 14.8 Å². The second-order valence-electron chi connectivity index (χ2n) is 9.00. The van der Waals surface area contributed by atoms with Crippen molar-refractivity contribution in [2.75, 3.05) is 32.0 Å². The number of hydrogen-bond donors (Lipinski definition) is 1. The number of rotatable bonds is 5. The Bertz CT molecular complexity index is 1410. The topological polar surface area (TPSA) is 66.3 Å². The molecule has 9 heteroatoms. The first-order chi connectivity index (χ1) is 16.8. The smallest absolute Gasteiger partial charge is 0.236 e. The molecule has 35 heavy (non-hydrogen) atoms. The van der Waals surface area contributed by atoms with Gasteiger partial charge in [0, 0.05) is 55.7 Å². The van der Waals surface area contributed by atoms with Gasteiger partial charge in [-0.2, -0.15) is 4.98 Å². The Morgan fingerprint density at radius 3 is 2.51 bits per heavy atom. The number of benzene rings is 2. The second kappa shape index (κ2) is 9.07. The SMILES string of the molecule is Cc1ccc(Nc2ncc3ccn(-c4cc(F)c(CN5CCN(C)C(=O)C5)c(F)c4)c3n2)cc1C. The lowest BCUT2D eigenvalue weighted by Crippen LogP contribution is -2.48. The normalized spacial score (nSPS) is 14.7. The van der Waals surface area contributed by atoms with Crippen LogP contribution in [0.5, 0.6) is 0 Å². The predicted octanol–water partition coefficient (Wildman–Crippen LogP) is 4.33. The molecule has 0 unspecified atom stereocenters. The van der Waals surface area contributed by atoms with Gasteiger partial charge in [-0.3, -0.25) is 9.69 Å². The molecule has 1 aliphatic heterocycles. The number of likely N-dealkylation sites (N-methyl/N-ethyl adjacent to an activating group) is 1. The van der Waals surface area contributed by atoms with Crippen molar-refractivity contribution >= 4 is 28.6 Å². The van der Waals surface area contributed by atoms with E-state index in [1.807, 2.05) is 32.0 Å². The summed E-state index contributed by atoms with van der Waals surface area (Å²) in [6, 6.07) is 10.4. The highest BCUT2D eigenvalue weighted by Gasteiger charge is 2.23. The van der Waals surface area contributed by atoms with Crippen LogP contribution < -0.4 is 5.32 Å². The van der Waals surface area contributed by atoms with Gasteiger partial charge in [0.2, 0.25) is 11.9 Å². The average Bonchev–Trinajstić information content (AvgIpc) is 3.24. The summed E-state index contributed by atoms with van der Waals surface area (Å²) in [5.41, 5.74) is 3.99. The molecule has 1 amide bonds. The van der Waals surface area contributed by atoms with Gasteiger partial charge in [-0.25, -0.2) is 13.8 Å². The first kappa shape index (κ1) is 22.9. The number of amides is 1. The van der Waals surface area contributed by atoms with E-state index in [4.69, 9.17) is 0 Å². The predicted molar refractivity (Wildman–Crippen MR) is 131 cm³/mol. The van der Waals surface area contributed by atoms with Crippen molar-refractivity contribution in [3.8, 4) is 5.69 Å². The Morgan fingerprint density at radius 2 is 1.80 bits per heavy atom. The monoisotopic (exact) mass is 476 g/mol. The average molecular weight is 477 g/mol. The van der Waals surface area contributed by atoms with Gasteiger partial charge in [0.1, 0.15) is 17.3 Å². The third-order valence-electron chi connectivity index (χ3n) is 6.51. The molecule has 4 aromatic rings. The Hall–Kier alpha value is -3.85. The van der Waals surface area contributed by atoms with E-state index in [1.165, 1.54) is 17.7 Å². The molecule has 7 nitrogen and oxygen atoms in total. The fourth-order valence-electron chi connectivity index (χ4n) is 4.18. The highest BCUT2D eigenvalue weighted by Crippen LogP contribution is 2.25. The number of fused-ring (bicyclic) bond motifs is 1. The lowest BCUT2D eigenvalue weighted by Gasteiger charge is -2.32. The maximum Gasteiger partial charge on any atom is 0.236 e. The minimum absolute atomic E-state index is 0.0379. The number of aromatic nitrogens is 3. The summed E-state index contributed by atoms with van der Waals surface area (Å²) in [5, 5.41) is 3.94. The Kier molecular flexibility index (Phi) is 5.94. The molecule has 1 aliphatic rings. The molecule has 0 aliphatic carbocycles. The molecule has 0 spiro atoms. The first-order valence-corrected chi connectivity index (χ1v) is 11.4. The van der Waals surface area contributed by atoms with Crippen LogP contribution in [0.3, 0.4) is 0 Å². The van der Waals surface area contributed by atoms with Crippen molar-refractivity contribution in [3.05, 3.63) is 77.1 Å². The minimum atomic E-state index is -0.657. The Balaban J connectivity index is 1.43. The van der Waals surface area contributed by atoms with Gasteiger partial charge in [0.05, 0.1) is 12.2 Å². The number of nitrogens with one attached hydrogen (secondary N) is 1. The molecule has 2 aromatic carbocycles. The van der Waals surface area contributed by atoms with E-state index >= 15 is 8.78 Å². The van der Waals surface area contributed by atoms with E-state index in [1.54, 1.807) is 39.9 Å². The lowest BCUT2D eigenvalue weighted by atomic mass is 10.1. The fraction of sp³-hybridized carbons (Fsp3) is 0.269. The maximum atomic E-state index is 15.0. The number of piperazine rings is 1. The molecule has 0 saturated carbocycles. The number of aryl methyl sites for hydroxylation is 2. The molecular weight excluding hydrogens is 450 g/mol. The van der Waals surface area contributed by atoms with Gasteiger partial charge in [-0.15, -0.1) is 0 Å². The van der Waals surface area contributed by atoms with Crippen LogP contribution in [0, 0.1) is 25.5 Å². The zero-order chi connectivity index (χ0) is 24.7. The number of carbonyl (C=O) groups excluding carboxylic acids is 1. The molecule has 5 rings (SSSR count). The van der Waals surface area contributed by atoms with Crippen LogP contribution in [0.25, 0.3) is 16.7 Å². The van der Waals surface area contributed by atoms with E-state index in [0.29, 0.717) is 30.4 Å². The summed E-state index contributed by atoms with van der Waals surface area (Å²) in [6.45, 7) is 5.36. The number of hydrogen-bond acceptors (Lipinski definition) is 5. The highest BCUT2D eigenvalue weighted by atomic mass is 19.1. The summed E-state index contributed by atoms with van der Waals surface area (Å²) < 4.78 is 31.7. The van der Waals surface area contributed by atoms with E-state index in [2.05, 4.69) is 15.3 Å². The van der Waals surface area contributed by atoms with Crippen molar-refractivity contribution < 1.29 is 13.6 Å². The fourth-order valence-corrected chi connectivity index (χ4v) is 4.18. The lowest BCUT2D eigenvalue weighted by molar-refractivity contribution is -0.134. The van der Waals surface area contributed by atoms with Crippen LogP contribution in [0.2, 0.25) is 0 Å². The van der Waals surface area contributed by atoms with E-state index in [9.17, 15) is 4.79 Å². The summed E-state index contributed by atoms with van der Waals surface area (Å²) in [4.78, 5) is 24.3. The molecule has 1 saturated heterocycles. The van der Waals surface area contributed by atoms with Crippen LogP contribution in [0.15, 0.2) is 48.8 Å². The van der Waals surface area contributed by atoms with Crippen molar-refractivity contribution in [2.45, 2.75) is 20.4 Å². The van der Waals surface area contributed by atoms with Crippen molar-refractivity contribution in [1.29, 1.82) is 0 Å². The Labute approximate surface area is 202 Å². The third-order valence-corrected chi connectivity index (χ3v) is 6.51. The summed E-state index contributed by atoms with van der Waals surface area (Å²) in [6.07, 6.45) is 3.39. The molecule has 1 fully saturated rings. The third kappa shape index (κ3) is 4.59. The van der Waals surface area contributed by atoms with E-state index < -0.39 is 11.6 Å². The van der Waals surface area contributed by atoms with Gasteiger partial charge in [-0.1, -0.05) is 6.07 Å². The largest absolute Gasteiger partial charge is 0.343 e. The van der Waals surface area contributed by atoms with Crippen molar-refractivity contribution in [1.82, 2.24) is 24.3 Å². The molecule has 1 N–H and O–H groups in total. The molecule has 2 aromatic heterocycles. The van der Waals surface area contributed by atoms with Gasteiger partial charge in [0.15, 0.2) is 0 Å². The summed E-state index contributed by atoms with van der Waals surface area (Å²) in [7, 11) is 1.73. The zero-order valence-electron chi connectivity index (χ0n) is 19.8. The minimum Gasteiger partial charge on any atom is -0.343 e. The first-order valence-electron chi connectivity index (χ1n) is 11.4. The second-order valence-corrected chi connectivity index (χ2v) is 9.00. The highest BCUT2D eigenvalue weighted by molar-refractivity contribution is 5.79. The molecule has 0 bridgehead atoms. The molecule has 0 radical (unpaired) electrons. The van der Waals surface area contributed by atoms with E-state index in [-0.39, 0.29) is 24.6 Å². The van der Waals surface area contributed by atoms with Crippen LogP contribution in [-0.2, 0) is 11.3 Å². The van der Waals surface area contributed by atoms with Crippen LogP contribution in [0.4, 0.5) is 20.4 Å². The Morgan fingerprint density at radius 1 is 1.03 bits per heavy atom. The quantitative estimate of drug-likeness (QED) is 0.464. The molecule has 3 heterocycles.